The molecule has 0 unspecified atom stereocenters. The molecule has 0 amide bonds. The van der Waals surface area contributed by atoms with Gasteiger partial charge in [-0.05, 0) is 35.6 Å². The van der Waals surface area contributed by atoms with E-state index in [2.05, 4.69) is 22.9 Å². The van der Waals surface area contributed by atoms with Crippen LogP contribution in [0.3, 0.4) is 0 Å². The summed E-state index contributed by atoms with van der Waals surface area (Å²) in [5, 5.41) is 4.66. The van der Waals surface area contributed by atoms with Crippen molar-refractivity contribution in [1.29, 1.82) is 0 Å². The summed E-state index contributed by atoms with van der Waals surface area (Å²) in [4.78, 5) is 0. The van der Waals surface area contributed by atoms with Gasteiger partial charge in [0.05, 0.1) is 0 Å². The first-order valence-electron chi connectivity index (χ1n) is 7.94. The number of hydrogen-bond donors (Lipinski definition) is 1. The Labute approximate surface area is 140 Å². The lowest BCUT2D eigenvalue weighted by atomic mass is 10.0. The molecule has 0 bridgehead atoms. The zero-order chi connectivity index (χ0) is 16.7. The molecule has 1 aliphatic carbocycles. The third-order valence-electron chi connectivity index (χ3n) is 4.59. The van der Waals surface area contributed by atoms with Gasteiger partial charge in [0, 0.05) is 11.4 Å². The Kier molecular flexibility index (Phi) is 3.66. The molecule has 0 radical (unpaired) electrons. The van der Waals surface area contributed by atoms with Gasteiger partial charge in [0.2, 0.25) is 10.0 Å². The molecule has 0 spiro atoms. The molecule has 5 nitrogen and oxygen atoms in total. The molecular weight excluding hydrogens is 324 g/mol. The molecule has 1 N–H and O–H groups in total. The average molecular weight is 342 g/mol. The molecule has 6 heteroatoms. The average Bonchev–Trinajstić information content (AvgIpc) is 3.09. The Morgan fingerprint density at radius 1 is 1.17 bits per heavy atom. The van der Waals surface area contributed by atoms with E-state index in [9.17, 15) is 8.42 Å². The topological polar surface area (TPSA) is 72.2 Å². The van der Waals surface area contributed by atoms with Gasteiger partial charge in [-0.15, -0.1) is 0 Å². The Hall–Kier alpha value is -2.18. The molecule has 0 fully saturated rings. The maximum Gasteiger partial charge on any atom is 0.218 e. The minimum Gasteiger partial charge on any atom is -0.356 e. The first kappa shape index (κ1) is 15.4. The Morgan fingerprint density at radius 2 is 1.92 bits per heavy atom. The fourth-order valence-electron chi connectivity index (χ4n) is 3.43. The molecule has 3 aromatic rings. The highest BCUT2D eigenvalue weighted by Gasteiger charge is 2.32. The van der Waals surface area contributed by atoms with E-state index >= 15 is 0 Å². The summed E-state index contributed by atoms with van der Waals surface area (Å²) in [6, 6.07) is 15.1. The van der Waals surface area contributed by atoms with Gasteiger partial charge in [0.15, 0.2) is 5.58 Å². The zero-order valence-corrected chi connectivity index (χ0v) is 14.1. The van der Waals surface area contributed by atoms with E-state index < -0.39 is 10.0 Å². The lowest BCUT2D eigenvalue weighted by Crippen LogP contribution is -2.31. The standard InChI is InChI=1S/C18H18N2O3S/c1-12-10-13-6-2-3-7-14(13)18(12)20-24(21,22)11-16-15-8-4-5-9-17(15)23-19-16/h2-9,12,18,20H,10-11H2,1H3/t12-,18+/m1/s1. The normalized spacial score (nSPS) is 20.4. The summed E-state index contributed by atoms with van der Waals surface area (Å²) >= 11 is 0. The molecule has 1 aromatic heterocycles. The number of fused-ring (bicyclic) bond motifs is 2. The second-order valence-corrected chi connectivity index (χ2v) is 8.11. The second kappa shape index (κ2) is 5.72. The first-order valence-corrected chi connectivity index (χ1v) is 9.60. The van der Waals surface area contributed by atoms with Gasteiger partial charge in [-0.3, -0.25) is 0 Å². The number of benzene rings is 2. The van der Waals surface area contributed by atoms with Crippen molar-refractivity contribution in [3.63, 3.8) is 0 Å². The summed E-state index contributed by atoms with van der Waals surface area (Å²) < 4.78 is 33.4. The van der Waals surface area contributed by atoms with Gasteiger partial charge in [-0.25, -0.2) is 13.1 Å². The quantitative estimate of drug-likeness (QED) is 0.790. The molecule has 4 rings (SSSR count). The fraction of sp³-hybridized carbons (Fsp3) is 0.278. The van der Waals surface area contributed by atoms with Crippen LogP contribution in [-0.4, -0.2) is 13.6 Å². The molecule has 0 saturated heterocycles. The summed E-state index contributed by atoms with van der Waals surface area (Å²) in [5.74, 6) is 0.0429. The lowest BCUT2D eigenvalue weighted by Gasteiger charge is -2.18. The van der Waals surface area contributed by atoms with Gasteiger partial charge >= 0.3 is 0 Å². The SMILES string of the molecule is C[C@@H]1Cc2ccccc2[C@H]1NS(=O)(=O)Cc1noc2ccccc12. The number of hydrogen-bond acceptors (Lipinski definition) is 4. The lowest BCUT2D eigenvalue weighted by molar-refractivity contribution is 0.445. The van der Waals surface area contributed by atoms with Crippen molar-refractivity contribution in [2.24, 2.45) is 5.92 Å². The number of aromatic nitrogens is 1. The molecule has 0 saturated carbocycles. The molecule has 124 valence electrons. The van der Waals surface area contributed by atoms with Crippen LogP contribution in [0, 0.1) is 5.92 Å². The Bertz CT molecular complexity index is 994. The number of rotatable bonds is 4. The van der Waals surface area contributed by atoms with Crippen molar-refractivity contribution >= 4 is 21.0 Å². The van der Waals surface area contributed by atoms with Crippen LogP contribution >= 0.6 is 0 Å². The number of nitrogens with one attached hydrogen (secondary N) is 1. The molecule has 1 heterocycles. The van der Waals surface area contributed by atoms with Crippen LogP contribution in [0.5, 0.6) is 0 Å². The first-order chi connectivity index (χ1) is 11.5. The number of sulfonamides is 1. The van der Waals surface area contributed by atoms with Crippen LogP contribution in [-0.2, 0) is 22.2 Å². The third-order valence-corrected chi connectivity index (χ3v) is 5.85. The summed E-state index contributed by atoms with van der Waals surface area (Å²) in [6.07, 6.45) is 0.885. The summed E-state index contributed by atoms with van der Waals surface area (Å²) in [6.45, 7) is 2.07. The maximum absolute atomic E-state index is 12.7. The van der Waals surface area contributed by atoms with Crippen LogP contribution in [0.2, 0.25) is 0 Å². The monoisotopic (exact) mass is 342 g/mol. The molecule has 0 aliphatic heterocycles. The molecule has 2 aromatic carbocycles. The van der Waals surface area contributed by atoms with Crippen molar-refractivity contribution in [3.05, 3.63) is 65.4 Å². The van der Waals surface area contributed by atoms with Crippen LogP contribution in [0.25, 0.3) is 11.0 Å². The maximum atomic E-state index is 12.7. The van der Waals surface area contributed by atoms with E-state index in [1.54, 1.807) is 6.07 Å². The van der Waals surface area contributed by atoms with E-state index in [4.69, 9.17) is 4.52 Å². The van der Waals surface area contributed by atoms with Crippen molar-refractivity contribution in [2.75, 3.05) is 0 Å². The number of nitrogens with zero attached hydrogens (tertiary/aromatic N) is 1. The van der Waals surface area contributed by atoms with Crippen LogP contribution < -0.4 is 4.72 Å². The molecule has 1 aliphatic rings. The highest BCUT2D eigenvalue weighted by Crippen LogP contribution is 2.36. The van der Waals surface area contributed by atoms with Crippen molar-refractivity contribution in [2.45, 2.75) is 25.1 Å². The van der Waals surface area contributed by atoms with E-state index in [0.717, 1.165) is 17.4 Å². The Balaban J connectivity index is 1.60. The van der Waals surface area contributed by atoms with Crippen LogP contribution in [0.4, 0.5) is 0 Å². The number of para-hydroxylation sites is 1. The minimum absolute atomic E-state index is 0.185. The van der Waals surface area contributed by atoms with Crippen molar-refractivity contribution in [3.8, 4) is 0 Å². The van der Waals surface area contributed by atoms with Gasteiger partial charge in [-0.1, -0.05) is 48.5 Å². The van der Waals surface area contributed by atoms with E-state index in [-0.39, 0.29) is 17.7 Å². The smallest absolute Gasteiger partial charge is 0.218 e. The predicted molar refractivity (Wildman–Crippen MR) is 91.8 cm³/mol. The molecule has 24 heavy (non-hydrogen) atoms. The fourth-order valence-corrected chi connectivity index (χ4v) is 4.83. The third kappa shape index (κ3) is 2.72. The molecule has 2 atom stereocenters. The highest BCUT2D eigenvalue weighted by molar-refractivity contribution is 7.88. The van der Waals surface area contributed by atoms with Gasteiger partial charge in [0.25, 0.3) is 0 Å². The van der Waals surface area contributed by atoms with Gasteiger partial charge in [-0.2, -0.15) is 0 Å². The summed E-state index contributed by atoms with van der Waals surface area (Å²) in [7, 11) is -3.53. The highest BCUT2D eigenvalue weighted by atomic mass is 32.2. The van der Waals surface area contributed by atoms with Crippen molar-refractivity contribution in [1.82, 2.24) is 9.88 Å². The zero-order valence-electron chi connectivity index (χ0n) is 13.3. The van der Waals surface area contributed by atoms with Gasteiger partial charge in [0.1, 0.15) is 11.4 Å². The van der Waals surface area contributed by atoms with E-state index in [0.29, 0.717) is 11.3 Å². The predicted octanol–water partition coefficient (Wildman–Crippen LogP) is 3.18. The van der Waals surface area contributed by atoms with Gasteiger partial charge < -0.3 is 4.52 Å². The van der Waals surface area contributed by atoms with Crippen molar-refractivity contribution < 1.29 is 12.9 Å². The van der Waals surface area contributed by atoms with E-state index in [1.165, 1.54) is 5.56 Å². The Morgan fingerprint density at radius 3 is 2.79 bits per heavy atom. The second-order valence-electron chi connectivity index (χ2n) is 6.36. The van der Waals surface area contributed by atoms with Crippen LogP contribution in [0.15, 0.2) is 53.1 Å². The minimum atomic E-state index is -3.53. The van der Waals surface area contributed by atoms with Crippen LogP contribution in [0.1, 0.15) is 29.8 Å². The molecular formula is C18H18N2O3S. The van der Waals surface area contributed by atoms with E-state index in [1.807, 2.05) is 36.4 Å². The summed E-state index contributed by atoms with van der Waals surface area (Å²) in [5.41, 5.74) is 3.32. The largest absolute Gasteiger partial charge is 0.356 e.